The first-order chi connectivity index (χ1) is 14.4. The predicted molar refractivity (Wildman–Crippen MR) is 110 cm³/mol. The molecule has 1 atom stereocenters. The van der Waals surface area contributed by atoms with Crippen molar-refractivity contribution in [1.29, 1.82) is 0 Å². The Balaban J connectivity index is 1.51. The average Bonchev–Trinajstić information content (AvgIpc) is 3.41. The number of phenols is 1. The Labute approximate surface area is 181 Å². The second-order valence-corrected chi connectivity index (χ2v) is 7.56. The second-order valence-electron chi connectivity index (χ2n) is 6.74. The van der Waals surface area contributed by atoms with Crippen LogP contribution in [0.4, 0.5) is 5.69 Å². The van der Waals surface area contributed by atoms with Crippen LogP contribution >= 0.6 is 23.2 Å². The number of hydrogen-bond acceptors (Lipinski definition) is 6. The van der Waals surface area contributed by atoms with Crippen LogP contribution < -0.4 is 5.32 Å². The van der Waals surface area contributed by atoms with Crippen molar-refractivity contribution in [2.45, 2.75) is 18.9 Å². The number of likely N-dealkylation sites (tertiary alicyclic amines) is 1. The highest BCUT2D eigenvalue weighted by molar-refractivity contribution is 6.42. The normalized spacial score (nSPS) is 15.9. The number of tetrazole rings is 1. The summed E-state index contributed by atoms with van der Waals surface area (Å²) < 4.78 is 0. The molecule has 9 nitrogen and oxygen atoms in total. The van der Waals surface area contributed by atoms with E-state index >= 15 is 0 Å². The Morgan fingerprint density at radius 3 is 2.70 bits per heavy atom. The number of aromatic hydroxyl groups is 1. The lowest BCUT2D eigenvalue weighted by atomic mass is 10.1. The summed E-state index contributed by atoms with van der Waals surface area (Å²) in [6.45, 7) is 0.521. The predicted octanol–water partition coefficient (Wildman–Crippen LogP) is 3.44. The maximum atomic E-state index is 13.0. The summed E-state index contributed by atoms with van der Waals surface area (Å²) in [5.41, 5.74) is 0.762. The zero-order chi connectivity index (χ0) is 21.3. The van der Waals surface area contributed by atoms with Crippen LogP contribution in [0.1, 0.15) is 45.4 Å². The number of amides is 2. The molecule has 2 aromatic carbocycles. The van der Waals surface area contributed by atoms with Crippen molar-refractivity contribution >= 4 is 40.7 Å². The van der Waals surface area contributed by atoms with Crippen molar-refractivity contribution < 1.29 is 14.7 Å². The molecule has 1 fully saturated rings. The van der Waals surface area contributed by atoms with Crippen LogP contribution in [0.3, 0.4) is 0 Å². The fourth-order valence-electron chi connectivity index (χ4n) is 3.37. The number of benzene rings is 2. The molecule has 1 saturated heterocycles. The lowest BCUT2D eigenvalue weighted by Gasteiger charge is -2.22. The van der Waals surface area contributed by atoms with Crippen molar-refractivity contribution in [3.8, 4) is 5.75 Å². The lowest BCUT2D eigenvalue weighted by molar-refractivity contribution is 0.0726. The molecule has 154 valence electrons. The minimum absolute atomic E-state index is 0.123. The number of anilines is 1. The van der Waals surface area contributed by atoms with Gasteiger partial charge in [-0.2, -0.15) is 5.21 Å². The van der Waals surface area contributed by atoms with Gasteiger partial charge in [0.1, 0.15) is 5.75 Å². The summed E-state index contributed by atoms with van der Waals surface area (Å²) in [5, 5.41) is 27.5. The maximum Gasteiger partial charge on any atom is 0.258 e. The van der Waals surface area contributed by atoms with Crippen LogP contribution in [-0.4, -0.2) is 49.0 Å². The van der Waals surface area contributed by atoms with Gasteiger partial charge in [0.2, 0.25) is 0 Å². The zero-order valence-corrected chi connectivity index (χ0v) is 17.0. The molecular formula is C19H16Cl2N6O3. The Kier molecular flexibility index (Phi) is 5.56. The Hall–Kier alpha value is -3.17. The number of H-pyrrole nitrogens is 1. The molecule has 1 aromatic heterocycles. The van der Waals surface area contributed by atoms with Gasteiger partial charge in [0.25, 0.3) is 11.8 Å². The molecular weight excluding hydrogens is 431 g/mol. The SMILES string of the molecule is O=C(Nc1ccc(C(=O)N2CCCC2c2nn[nH]n2)c(O)c1)c1ccc(Cl)c(Cl)c1. The number of aromatic nitrogens is 4. The summed E-state index contributed by atoms with van der Waals surface area (Å²) in [4.78, 5) is 27.0. The Bertz CT molecular complexity index is 1110. The van der Waals surface area contributed by atoms with E-state index in [1.807, 2.05) is 0 Å². The largest absolute Gasteiger partial charge is 0.507 e. The Morgan fingerprint density at radius 2 is 2.00 bits per heavy atom. The molecule has 0 bridgehead atoms. The highest BCUT2D eigenvalue weighted by Crippen LogP contribution is 2.33. The van der Waals surface area contributed by atoms with Gasteiger partial charge in [0.05, 0.1) is 21.7 Å². The van der Waals surface area contributed by atoms with Crippen LogP contribution in [0.5, 0.6) is 5.75 Å². The molecule has 0 aliphatic carbocycles. The molecule has 2 amide bonds. The number of nitrogens with zero attached hydrogens (tertiary/aromatic N) is 4. The molecule has 1 aliphatic heterocycles. The van der Waals surface area contributed by atoms with E-state index in [0.29, 0.717) is 35.1 Å². The van der Waals surface area contributed by atoms with Crippen LogP contribution in [0.15, 0.2) is 36.4 Å². The average molecular weight is 447 g/mol. The fraction of sp³-hybridized carbons (Fsp3) is 0.211. The van der Waals surface area contributed by atoms with Gasteiger partial charge in [-0.15, -0.1) is 10.2 Å². The molecule has 1 unspecified atom stereocenters. The van der Waals surface area contributed by atoms with E-state index in [2.05, 4.69) is 25.9 Å². The molecule has 11 heteroatoms. The van der Waals surface area contributed by atoms with Crippen molar-refractivity contribution in [2.75, 3.05) is 11.9 Å². The summed E-state index contributed by atoms with van der Waals surface area (Å²) in [6.07, 6.45) is 1.51. The second kappa shape index (κ2) is 8.29. The van der Waals surface area contributed by atoms with E-state index in [-0.39, 0.29) is 28.3 Å². The first-order valence-electron chi connectivity index (χ1n) is 9.08. The number of halogens is 2. The highest BCUT2D eigenvalue weighted by Gasteiger charge is 2.34. The smallest absolute Gasteiger partial charge is 0.258 e. The monoisotopic (exact) mass is 446 g/mol. The number of phenolic OH excluding ortho intramolecular Hbond substituents is 1. The number of aromatic amines is 1. The first-order valence-corrected chi connectivity index (χ1v) is 9.83. The maximum absolute atomic E-state index is 13.0. The van der Waals surface area contributed by atoms with Gasteiger partial charge in [0, 0.05) is 23.9 Å². The Morgan fingerprint density at radius 1 is 1.17 bits per heavy atom. The number of nitrogens with one attached hydrogen (secondary N) is 2. The van der Waals surface area contributed by atoms with Gasteiger partial charge in [-0.25, -0.2) is 0 Å². The van der Waals surface area contributed by atoms with Gasteiger partial charge < -0.3 is 15.3 Å². The van der Waals surface area contributed by atoms with Crippen LogP contribution in [0, 0.1) is 0 Å². The minimum atomic E-state index is -0.427. The van der Waals surface area contributed by atoms with Crippen molar-refractivity contribution in [3.05, 3.63) is 63.4 Å². The molecule has 3 aromatic rings. The quantitative estimate of drug-likeness (QED) is 0.563. The number of carbonyl (C=O) groups is 2. The van der Waals surface area contributed by atoms with E-state index in [0.717, 1.165) is 6.42 Å². The third-order valence-electron chi connectivity index (χ3n) is 4.84. The molecule has 0 radical (unpaired) electrons. The molecule has 30 heavy (non-hydrogen) atoms. The fourth-order valence-corrected chi connectivity index (χ4v) is 3.67. The van der Waals surface area contributed by atoms with Gasteiger partial charge >= 0.3 is 0 Å². The van der Waals surface area contributed by atoms with Gasteiger partial charge in [0.15, 0.2) is 5.82 Å². The third kappa shape index (κ3) is 3.94. The number of carbonyl (C=O) groups excluding carboxylic acids is 2. The van der Waals surface area contributed by atoms with E-state index in [1.165, 1.54) is 30.3 Å². The standard InChI is InChI=1S/C19H16Cl2N6O3/c20-13-6-3-10(8-14(13)21)18(29)22-11-4-5-12(16(28)9-11)19(30)27-7-1-2-15(27)17-23-25-26-24-17/h3-6,8-9,15,28H,1-2,7H2,(H,22,29)(H,23,24,25,26). The minimum Gasteiger partial charge on any atom is -0.507 e. The highest BCUT2D eigenvalue weighted by atomic mass is 35.5. The summed E-state index contributed by atoms with van der Waals surface area (Å²) in [6, 6.07) is 8.53. The topological polar surface area (TPSA) is 124 Å². The van der Waals surface area contributed by atoms with Crippen LogP contribution in [0.2, 0.25) is 10.0 Å². The number of rotatable bonds is 4. The lowest BCUT2D eigenvalue weighted by Crippen LogP contribution is -2.31. The van der Waals surface area contributed by atoms with E-state index < -0.39 is 5.91 Å². The molecule has 1 aliphatic rings. The summed E-state index contributed by atoms with van der Waals surface area (Å²) in [7, 11) is 0. The van der Waals surface area contributed by atoms with E-state index in [1.54, 1.807) is 11.0 Å². The number of hydrogen-bond donors (Lipinski definition) is 3. The first kappa shape index (κ1) is 20.1. The van der Waals surface area contributed by atoms with Crippen LogP contribution in [0.25, 0.3) is 0 Å². The van der Waals surface area contributed by atoms with Gasteiger partial charge in [-0.05, 0) is 43.2 Å². The molecule has 3 N–H and O–H groups in total. The summed E-state index contributed by atoms with van der Waals surface area (Å²) in [5.74, 6) is -0.581. The van der Waals surface area contributed by atoms with Crippen molar-refractivity contribution in [3.63, 3.8) is 0 Å². The zero-order valence-electron chi connectivity index (χ0n) is 15.5. The molecule has 0 spiro atoms. The molecule has 2 heterocycles. The molecule has 4 rings (SSSR count). The van der Waals surface area contributed by atoms with Crippen molar-refractivity contribution in [1.82, 2.24) is 25.5 Å². The van der Waals surface area contributed by atoms with Crippen molar-refractivity contribution in [2.24, 2.45) is 0 Å². The van der Waals surface area contributed by atoms with Gasteiger partial charge in [-0.3, -0.25) is 9.59 Å². The van der Waals surface area contributed by atoms with Gasteiger partial charge in [-0.1, -0.05) is 28.4 Å². The third-order valence-corrected chi connectivity index (χ3v) is 5.58. The van der Waals surface area contributed by atoms with Crippen LogP contribution in [-0.2, 0) is 0 Å². The van der Waals surface area contributed by atoms with E-state index in [4.69, 9.17) is 23.2 Å². The van der Waals surface area contributed by atoms with E-state index in [9.17, 15) is 14.7 Å². The molecule has 0 saturated carbocycles. The summed E-state index contributed by atoms with van der Waals surface area (Å²) >= 11 is 11.8.